The monoisotopic (exact) mass is 489 g/mol. The fourth-order valence-electron chi connectivity index (χ4n) is 3.83. The number of amides is 2. The van der Waals surface area contributed by atoms with Crippen LogP contribution in [-0.4, -0.2) is 57.3 Å². The topological polar surface area (TPSA) is 117 Å². The van der Waals surface area contributed by atoms with E-state index in [9.17, 15) is 27.1 Å². The van der Waals surface area contributed by atoms with Crippen molar-refractivity contribution in [1.82, 2.24) is 19.7 Å². The molecule has 2 N–H and O–H groups in total. The Labute approximate surface area is 189 Å². The van der Waals surface area contributed by atoms with Crippen molar-refractivity contribution >= 4 is 21.6 Å². The molecule has 3 heterocycles. The Bertz CT molecular complexity index is 1110. The first-order valence-electron chi connectivity index (χ1n) is 10.3. The molecule has 13 heteroatoms. The highest BCUT2D eigenvalue weighted by atomic mass is 32.2. The van der Waals surface area contributed by atoms with Crippen molar-refractivity contribution in [3.63, 3.8) is 0 Å². The van der Waals surface area contributed by atoms with E-state index in [2.05, 4.69) is 15.4 Å². The maximum atomic E-state index is 15.7. The molecule has 0 bridgehead atoms. The van der Waals surface area contributed by atoms with Gasteiger partial charge in [-0.3, -0.25) is 9.67 Å². The molecule has 2 aromatic heterocycles. The van der Waals surface area contributed by atoms with Crippen molar-refractivity contribution in [2.45, 2.75) is 49.1 Å². The predicted molar refractivity (Wildman–Crippen MR) is 113 cm³/mol. The third-order valence-electron chi connectivity index (χ3n) is 5.82. The number of anilines is 1. The highest BCUT2D eigenvalue weighted by Gasteiger charge is 2.50. The van der Waals surface area contributed by atoms with E-state index in [-0.39, 0.29) is 25.9 Å². The first-order valence-corrected chi connectivity index (χ1v) is 11.8. The summed E-state index contributed by atoms with van der Waals surface area (Å²) >= 11 is 0. The average Bonchev–Trinajstić information content (AvgIpc) is 3.16. The molecule has 1 saturated heterocycles. The zero-order chi connectivity index (χ0) is 24.6. The summed E-state index contributed by atoms with van der Waals surface area (Å²) in [6.07, 6.45) is -1.60. The van der Waals surface area contributed by atoms with Gasteiger partial charge < -0.3 is 15.3 Å². The van der Waals surface area contributed by atoms with Gasteiger partial charge in [0.2, 0.25) is 14.8 Å². The van der Waals surface area contributed by atoms with Gasteiger partial charge in [0.25, 0.3) is 6.43 Å². The number of rotatable bonds is 6. The second-order valence-corrected chi connectivity index (χ2v) is 10.4. The lowest BCUT2D eigenvalue weighted by molar-refractivity contribution is 0.116. The number of pyridine rings is 1. The van der Waals surface area contributed by atoms with E-state index < -0.39 is 49.9 Å². The first kappa shape index (κ1) is 25.0. The molecule has 1 aliphatic heterocycles. The summed E-state index contributed by atoms with van der Waals surface area (Å²) in [4.78, 5) is 17.2. The Morgan fingerprint density at radius 1 is 1.33 bits per heavy atom. The van der Waals surface area contributed by atoms with Gasteiger partial charge in [-0.05, 0) is 38.8 Å². The quantitative estimate of drug-likeness (QED) is 0.644. The number of halogens is 3. The summed E-state index contributed by atoms with van der Waals surface area (Å²) in [7, 11) is -3.49. The van der Waals surface area contributed by atoms with Gasteiger partial charge in [0, 0.05) is 44.1 Å². The van der Waals surface area contributed by atoms with E-state index in [1.54, 1.807) is 6.07 Å². The van der Waals surface area contributed by atoms with Crippen LogP contribution in [0.5, 0.6) is 0 Å². The van der Waals surface area contributed by atoms with E-state index in [1.807, 2.05) is 0 Å². The average molecular weight is 490 g/mol. The number of aromatic nitrogens is 3. The van der Waals surface area contributed by atoms with E-state index >= 15 is 4.39 Å². The van der Waals surface area contributed by atoms with E-state index in [1.165, 1.54) is 31.1 Å². The minimum atomic E-state index is -4.77. The molecule has 33 heavy (non-hydrogen) atoms. The zero-order valence-electron chi connectivity index (χ0n) is 18.4. The molecule has 0 aromatic carbocycles. The highest BCUT2D eigenvalue weighted by molar-refractivity contribution is 7.92. The lowest BCUT2D eigenvalue weighted by atomic mass is 9.92. The maximum absolute atomic E-state index is 15.7. The molecule has 3 rings (SSSR count). The molecular formula is C20H26F3N5O4S. The number of aryl methyl sites for hydroxylation is 1. The molecule has 0 spiro atoms. The van der Waals surface area contributed by atoms with Crippen molar-refractivity contribution in [2.75, 3.05) is 18.4 Å². The number of piperidine rings is 1. The lowest BCUT2D eigenvalue weighted by Crippen LogP contribution is -2.48. The maximum Gasteiger partial charge on any atom is 0.321 e. The van der Waals surface area contributed by atoms with Gasteiger partial charge in [-0.25, -0.2) is 26.4 Å². The summed E-state index contributed by atoms with van der Waals surface area (Å²) in [5.41, 5.74) is -0.183. The Balaban J connectivity index is 1.69. The summed E-state index contributed by atoms with van der Waals surface area (Å²) in [6, 6.07) is 2.61. The first-order chi connectivity index (χ1) is 15.3. The van der Waals surface area contributed by atoms with Crippen molar-refractivity contribution in [2.24, 2.45) is 13.0 Å². The summed E-state index contributed by atoms with van der Waals surface area (Å²) in [6.45, 7) is 2.57. The van der Waals surface area contributed by atoms with Gasteiger partial charge in [0.05, 0.1) is 11.8 Å². The fourth-order valence-corrected chi connectivity index (χ4v) is 5.63. The summed E-state index contributed by atoms with van der Waals surface area (Å²) in [5, 5.41) is 12.9. The van der Waals surface area contributed by atoms with Gasteiger partial charge in [-0.15, -0.1) is 0 Å². The van der Waals surface area contributed by atoms with E-state index in [0.29, 0.717) is 11.4 Å². The van der Waals surface area contributed by atoms with Crippen molar-refractivity contribution in [3.05, 3.63) is 35.9 Å². The van der Waals surface area contributed by atoms with Crippen LogP contribution >= 0.6 is 0 Å². The van der Waals surface area contributed by atoms with Gasteiger partial charge in [0.15, 0.2) is 0 Å². The Kier molecular flexibility index (Phi) is 7.03. The van der Waals surface area contributed by atoms with Crippen molar-refractivity contribution < 1.29 is 31.5 Å². The van der Waals surface area contributed by atoms with Gasteiger partial charge in [-0.1, -0.05) is 0 Å². The number of hydrogen-bond acceptors (Lipinski definition) is 6. The molecule has 0 radical (unpaired) electrons. The zero-order valence-corrected chi connectivity index (χ0v) is 19.2. The third kappa shape index (κ3) is 4.98. The van der Waals surface area contributed by atoms with Crippen LogP contribution in [0.4, 0.5) is 23.7 Å². The van der Waals surface area contributed by atoms with Gasteiger partial charge >= 0.3 is 6.03 Å². The molecule has 9 nitrogen and oxygen atoms in total. The number of aliphatic hydroxyl groups is 1. The van der Waals surface area contributed by atoms with Crippen LogP contribution in [0.2, 0.25) is 0 Å². The van der Waals surface area contributed by atoms with Crippen LogP contribution in [0.15, 0.2) is 29.4 Å². The van der Waals surface area contributed by atoms with Gasteiger partial charge in [-0.2, -0.15) is 5.10 Å². The molecule has 2 aromatic rings. The molecule has 1 aliphatic rings. The number of likely N-dealkylation sites (tertiary alicyclic amines) is 1. The number of alkyl halides is 3. The molecule has 2 amide bonds. The smallest absolute Gasteiger partial charge is 0.321 e. The van der Waals surface area contributed by atoms with Crippen LogP contribution in [0.3, 0.4) is 0 Å². The normalized spacial score (nSPS) is 18.2. The van der Waals surface area contributed by atoms with Crippen molar-refractivity contribution in [1.29, 1.82) is 0 Å². The molecular weight excluding hydrogens is 463 g/mol. The third-order valence-corrected chi connectivity index (χ3v) is 8.09. The molecule has 0 unspecified atom stereocenters. The summed E-state index contributed by atoms with van der Waals surface area (Å²) in [5.74, 6) is -1.000. The number of nitrogens with one attached hydrogen (secondary N) is 1. The second kappa shape index (κ2) is 9.29. The molecule has 1 fully saturated rings. The molecule has 0 saturated carbocycles. The standard InChI is InChI=1S/C20H26F3N5O4S/c1-12(29)15-10-14(4-7-24-15)25-19(30)28-8-5-13(6-9-28)20(2,23)33(31,32)16-11-27(3)26-17(16)18(21)22/h4,7,10-13,18,29H,5-6,8-9H2,1-3H3,(H,24,25,30)/t12-,20+/m1/s1. The fraction of sp³-hybridized carbons (Fsp3) is 0.550. The van der Waals surface area contributed by atoms with Gasteiger partial charge in [0.1, 0.15) is 10.6 Å². The van der Waals surface area contributed by atoms with Crippen LogP contribution in [-0.2, 0) is 16.9 Å². The van der Waals surface area contributed by atoms with Crippen LogP contribution < -0.4 is 5.32 Å². The SMILES string of the molecule is C[C@@H](O)c1cc(NC(=O)N2CCC([C@@](C)(F)S(=O)(=O)c3cn(C)nc3C(F)F)CC2)ccn1. The van der Waals surface area contributed by atoms with E-state index in [0.717, 1.165) is 17.8 Å². The molecule has 2 atom stereocenters. The Morgan fingerprint density at radius 2 is 1.97 bits per heavy atom. The van der Waals surface area contributed by atoms with Crippen LogP contribution in [0, 0.1) is 5.92 Å². The number of nitrogens with zero attached hydrogens (tertiary/aromatic N) is 4. The number of carbonyl (C=O) groups excluding carboxylic acids is 1. The molecule has 182 valence electrons. The van der Waals surface area contributed by atoms with Crippen LogP contribution in [0.1, 0.15) is 50.6 Å². The highest BCUT2D eigenvalue weighted by Crippen LogP contribution is 2.41. The van der Waals surface area contributed by atoms with Crippen LogP contribution in [0.25, 0.3) is 0 Å². The number of urea groups is 1. The minimum absolute atomic E-state index is 0.0270. The molecule has 0 aliphatic carbocycles. The largest absolute Gasteiger partial charge is 0.387 e. The second-order valence-electron chi connectivity index (χ2n) is 8.18. The summed E-state index contributed by atoms with van der Waals surface area (Å²) < 4.78 is 69.0. The number of sulfone groups is 1. The lowest BCUT2D eigenvalue weighted by Gasteiger charge is -2.37. The van der Waals surface area contributed by atoms with Crippen molar-refractivity contribution in [3.8, 4) is 0 Å². The Morgan fingerprint density at radius 3 is 2.55 bits per heavy atom. The Hall–Kier alpha value is -2.67. The number of hydrogen-bond donors (Lipinski definition) is 2. The van der Waals surface area contributed by atoms with E-state index in [4.69, 9.17) is 0 Å². The predicted octanol–water partition coefficient (Wildman–Crippen LogP) is 3.21. The minimum Gasteiger partial charge on any atom is -0.387 e. The number of carbonyl (C=O) groups is 1. The number of aliphatic hydroxyl groups excluding tert-OH is 1.